The lowest BCUT2D eigenvalue weighted by molar-refractivity contribution is -0.241. The third kappa shape index (κ3) is 18.0. The molecule has 674 valence electrons. The van der Waals surface area contributed by atoms with Crippen LogP contribution < -0.4 is 65.7 Å². The monoisotopic (exact) mass is 1880 g/mol. The molecular weight excluding hydrogens is 1800 g/mol. The fourth-order valence-electron chi connectivity index (χ4n) is 15.6. The molecule has 0 spiro atoms. The van der Waals surface area contributed by atoms with E-state index in [1.165, 1.54) is 81.0 Å². The maximum atomic E-state index is 15.6. The SMILES string of the molecule is CC[C@H]1O[C@@H](n2cnc3c(=O)[nH]c(N)nc32)C(OCCOC)[C@H]1OP([O-])(=S)OC[C@]12O[C@@H](n3cnc4c(N)ncnc43)C(O[C@H]1C)[C@H]2OP(=O)([S-])OC[C@H]1O[C@@H](n2cnc3c(=O)[nH]c(N)nc32)C(OCCOC)[C@H]1OP([O-])(=S)OC[C@]12O[C@@H](n3cc(C)c(=O)[nH]c3=O)C(O[C@H]1C)[C@H]2OP([O-])(=S)OC[C@H]1O[C@@H](n2cc(C)c(N)nc2=O)C(OCCOC)[C@H]1O. The van der Waals surface area contributed by atoms with Crippen molar-refractivity contribution in [2.75, 3.05) is 110 Å². The Bertz CT molecular complexity index is 5780. The average molecular weight is 1880 g/mol. The third-order valence-corrected chi connectivity index (χ3v) is 27.7. The Hall–Kier alpha value is -6.46. The highest BCUT2D eigenvalue weighted by Crippen LogP contribution is 2.62. The number of anilines is 4. The number of fused-ring (bicyclic) bond motifs is 7. The summed E-state index contributed by atoms with van der Waals surface area (Å²) in [5.41, 5.74) is 16.0. The molecule has 0 saturated carbocycles. The van der Waals surface area contributed by atoms with Crippen molar-refractivity contribution in [1.82, 2.24) is 77.7 Å². The number of hydrogen-bond acceptors (Lipinski definition) is 47. The molecule has 7 saturated heterocycles. The Morgan fingerprint density at radius 1 is 0.520 bits per heavy atom. The average Bonchev–Trinajstić information content (AvgIpc) is 1.55. The summed E-state index contributed by atoms with van der Waals surface area (Å²) in [6, 6.07) is 0. The first-order valence-corrected chi connectivity index (χ1v) is 47.9. The van der Waals surface area contributed by atoms with Gasteiger partial charge in [-0.25, -0.2) is 34.5 Å². The molecule has 0 amide bonds. The summed E-state index contributed by atoms with van der Waals surface area (Å²) >= 11 is 22.8. The van der Waals surface area contributed by atoms with E-state index in [0.29, 0.717) is 5.56 Å². The highest BCUT2D eigenvalue weighted by molar-refractivity contribution is 8.32. The molecule has 59 heteroatoms. The fraction of sp³-hybridized carbons (Fsp3) is 0.641. The number of nitrogens with zero attached hydrogens (tertiary/aromatic N) is 13. The van der Waals surface area contributed by atoms with Crippen molar-refractivity contribution >= 4 is 132 Å². The zero-order chi connectivity index (χ0) is 87.9. The molecule has 7 aliphatic heterocycles. The van der Waals surface area contributed by atoms with Gasteiger partial charge in [-0.3, -0.25) is 56.7 Å². The summed E-state index contributed by atoms with van der Waals surface area (Å²) in [6.45, 7) is -16.7. The smallest absolute Gasteiger partial charge is 0.351 e. The molecule has 8 aromatic rings. The zero-order valence-corrected chi connectivity index (χ0v) is 72.9. The summed E-state index contributed by atoms with van der Waals surface area (Å²) in [6.07, 6.45) is -21.2. The minimum Gasteiger partial charge on any atom is -0.780 e. The predicted molar refractivity (Wildman–Crippen MR) is 427 cm³/mol. The molecule has 8 aromatic heterocycles. The molecule has 7 aliphatic rings. The van der Waals surface area contributed by atoms with Crippen molar-refractivity contribution < 1.29 is 122 Å². The first-order chi connectivity index (χ1) is 58.4. The van der Waals surface area contributed by atoms with E-state index in [-0.39, 0.29) is 109 Å². The van der Waals surface area contributed by atoms with Gasteiger partial charge < -0.3 is 153 Å². The van der Waals surface area contributed by atoms with Crippen LogP contribution in [0.15, 0.2) is 61.7 Å². The third-order valence-electron chi connectivity index (χ3n) is 21.6. The number of aliphatic hydroxyl groups excluding tert-OH is 1. The first-order valence-electron chi connectivity index (χ1n) is 37.7. The quantitative estimate of drug-likeness (QED) is 0.0106. The molecule has 0 radical (unpaired) electrons. The molecule has 0 aliphatic carbocycles. The number of nitrogens with one attached hydrogen (secondary N) is 3. The second-order valence-corrected chi connectivity index (χ2v) is 40.0. The molecule has 9 unspecified atom stereocenters. The van der Waals surface area contributed by atoms with Gasteiger partial charge in [0.15, 0.2) is 71.7 Å². The van der Waals surface area contributed by atoms with E-state index in [9.17, 15) is 34.0 Å². The van der Waals surface area contributed by atoms with Crippen molar-refractivity contribution in [2.45, 2.75) is 175 Å². The van der Waals surface area contributed by atoms with Crippen LogP contribution >= 0.6 is 27.0 Å². The van der Waals surface area contributed by atoms with Gasteiger partial charge in [-0.1, -0.05) is 42.3 Å². The van der Waals surface area contributed by atoms with Crippen molar-refractivity contribution in [3.63, 3.8) is 0 Å². The van der Waals surface area contributed by atoms with Crippen LogP contribution in [0.4, 0.5) is 23.5 Å². The Balaban J connectivity index is 0.718. The summed E-state index contributed by atoms with van der Waals surface area (Å²) < 4.78 is 151. The largest absolute Gasteiger partial charge is 0.780 e. The van der Waals surface area contributed by atoms with Crippen LogP contribution in [0.5, 0.6) is 0 Å². The summed E-state index contributed by atoms with van der Waals surface area (Å²) in [5.74, 6) is -0.696. The van der Waals surface area contributed by atoms with Crippen LogP contribution in [-0.2, 0) is 150 Å². The van der Waals surface area contributed by atoms with Gasteiger partial charge in [-0.15, -0.1) is 0 Å². The summed E-state index contributed by atoms with van der Waals surface area (Å²) in [7, 11) is 4.21. The van der Waals surface area contributed by atoms with Gasteiger partial charge in [0.05, 0.1) is 103 Å². The fourth-order valence-corrected chi connectivity index (χ4v) is 21.4. The lowest BCUT2D eigenvalue weighted by Gasteiger charge is -2.41. The predicted octanol–water partition coefficient (Wildman–Crippen LogP) is -3.47. The van der Waals surface area contributed by atoms with Gasteiger partial charge in [0.25, 0.3) is 16.7 Å². The van der Waals surface area contributed by atoms with Gasteiger partial charge in [0.1, 0.15) is 122 Å². The number of methoxy groups -OCH3 is 3. The first kappa shape index (κ1) is 91.3. The van der Waals surface area contributed by atoms with Crippen molar-refractivity contribution in [3.8, 4) is 0 Å². The topological polar surface area (TPSA) is 665 Å². The number of nitrogens with two attached hydrogens (primary N) is 4. The molecular formula is C64H84N20O31P4S4-4. The number of aryl methyl sites for hydroxylation is 2. The second kappa shape index (κ2) is 36.2. The van der Waals surface area contributed by atoms with Crippen LogP contribution in [0, 0.1) is 13.8 Å². The molecule has 4 bridgehead atoms. The van der Waals surface area contributed by atoms with E-state index in [4.69, 9.17) is 168 Å². The molecule has 0 aromatic carbocycles. The molecule has 123 heavy (non-hydrogen) atoms. The highest BCUT2D eigenvalue weighted by atomic mass is 32.7. The summed E-state index contributed by atoms with van der Waals surface area (Å²) in [4.78, 5) is 152. The molecule has 7 fully saturated rings. The van der Waals surface area contributed by atoms with E-state index in [1.807, 2.05) is 0 Å². The van der Waals surface area contributed by atoms with Gasteiger partial charge in [0, 0.05) is 44.8 Å². The standard InChI is InChI=1S/C64H88N20O31P4S4/c1-9-30-37(40(99-14-11-96-7)55(107-30)83-24-72-34-49(83)75-59(67)77-52(34)87)112-118(93,122)103-21-64-29(5)106-43(58(111-64)82-23-71-33-47(66)69-22-70-48(33)82)45(64)115-117(92,121)102-19-32-38(41(100-15-12-97-8)56(109-32)84-25-73-35-50(84)76-60(68)78-53(35)88)113-119(94,123)104-20-63-28(4)105-42(57(110-63)81-17-27(3)51(86)79-62(81)90)44(63)114-116(91,120)101-18-31-36(85)39(98-13-10-95-6)54(108-31)80-16-26(2)46(65)74-61(80)89/h16-17,22-25,28-32,36-45,54-58,85H,9-15,18-21H2,1-8H3,(H,91,120)(H,92,121)(H,93,122)(H,94,123)(H2,65,74,89)(H2,66,69,70)(H,79,86,90)(H3,67,75,77,87)(H3,68,76,78,88)/p-4/t28-,29-,30+,31+,32+,36-,37-,38-,39?,40?,41?,42?,43?,44+,45+,54+,55+,56+,57+,58+,63-,64-,116?,117?,118?,119?/m0/s1. The lowest BCUT2D eigenvalue weighted by atomic mass is 9.94. The number of aliphatic hydroxyl groups is 1. The van der Waals surface area contributed by atoms with Crippen LogP contribution in [0.2, 0.25) is 0 Å². The van der Waals surface area contributed by atoms with Crippen molar-refractivity contribution in [2.24, 2.45) is 0 Å². The van der Waals surface area contributed by atoms with E-state index >= 15 is 14.4 Å². The summed E-state index contributed by atoms with van der Waals surface area (Å²) in [5, 5.41) is 11.7. The van der Waals surface area contributed by atoms with Gasteiger partial charge in [-0.2, -0.15) is 15.0 Å². The number of H-pyrrole nitrogens is 3. The number of nitrogen functional groups attached to an aromatic ring is 4. The second-order valence-electron chi connectivity index (χ2n) is 29.2. The maximum Gasteiger partial charge on any atom is 0.351 e. The maximum absolute atomic E-state index is 15.6. The number of imidazole rings is 3. The number of rotatable bonds is 38. The molecule has 15 rings (SSSR count). The minimum absolute atomic E-state index is 0.0128. The number of ether oxygens (including phenoxy) is 13. The minimum atomic E-state index is -5.25. The van der Waals surface area contributed by atoms with E-state index < -0.39 is 215 Å². The Labute approximate surface area is 713 Å². The molecule has 15 heterocycles. The van der Waals surface area contributed by atoms with Crippen molar-refractivity contribution in [3.05, 3.63) is 101 Å². The Kier molecular flexibility index (Phi) is 26.9. The van der Waals surface area contributed by atoms with Gasteiger partial charge in [-0.05, 0) is 34.1 Å². The number of aromatic amines is 3. The lowest BCUT2D eigenvalue weighted by Crippen LogP contribution is -2.51. The normalized spacial score (nSPS) is 32.5. The Morgan fingerprint density at radius 2 is 0.984 bits per heavy atom. The number of hydrogen-bond donors (Lipinski definition) is 8. The number of aromatic nitrogens is 16. The highest BCUT2D eigenvalue weighted by Gasteiger charge is 2.70. The van der Waals surface area contributed by atoms with E-state index in [0.717, 1.165) is 21.7 Å². The molecule has 26 atom stereocenters. The van der Waals surface area contributed by atoms with Crippen LogP contribution in [0.25, 0.3) is 33.5 Å². The van der Waals surface area contributed by atoms with Crippen LogP contribution in [0.3, 0.4) is 0 Å². The molecule has 51 nitrogen and oxygen atoms in total. The zero-order valence-electron chi connectivity index (χ0n) is 66.0. The molecule has 12 N–H and O–H groups in total. The Morgan fingerprint density at radius 3 is 1.53 bits per heavy atom. The van der Waals surface area contributed by atoms with Gasteiger partial charge in [0.2, 0.25) is 11.9 Å². The van der Waals surface area contributed by atoms with Crippen molar-refractivity contribution in [1.29, 1.82) is 0 Å². The van der Waals surface area contributed by atoms with Crippen LogP contribution in [-0.4, -0.2) is 273 Å². The van der Waals surface area contributed by atoms with Crippen LogP contribution in [0.1, 0.15) is 69.5 Å². The van der Waals surface area contributed by atoms with E-state index in [2.05, 4.69) is 54.8 Å². The van der Waals surface area contributed by atoms with Gasteiger partial charge >= 0.3 is 11.4 Å². The van der Waals surface area contributed by atoms with E-state index in [1.54, 1.807) is 13.8 Å².